The summed E-state index contributed by atoms with van der Waals surface area (Å²) in [4.78, 5) is 28.1. The number of aromatic carboxylic acids is 1. The van der Waals surface area contributed by atoms with Crippen molar-refractivity contribution in [3.63, 3.8) is 0 Å². The third-order valence-electron chi connectivity index (χ3n) is 6.04. The van der Waals surface area contributed by atoms with E-state index in [9.17, 15) is 23.5 Å². The van der Waals surface area contributed by atoms with Gasteiger partial charge in [0.25, 0.3) is 5.91 Å². The normalized spacial score (nSPS) is 14.0. The molecule has 0 atom stereocenters. The van der Waals surface area contributed by atoms with Crippen LogP contribution in [0.15, 0.2) is 48.5 Å². The molecule has 33 heavy (non-hydrogen) atoms. The van der Waals surface area contributed by atoms with Gasteiger partial charge in [-0.15, -0.1) is 0 Å². The highest BCUT2D eigenvalue weighted by atomic mass is 19.1. The third kappa shape index (κ3) is 4.27. The topological polar surface area (TPSA) is 62.5 Å². The molecule has 2 aromatic carbocycles. The van der Waals surface area contributed by atoms with Crippen LogP contribution in [-0.4, -0.2) is 39.5 Å². The second-order valence-corrected chi connectivity index (χ2v) is 8.58. The number of benzene rings is 2. The van der Waals surface area contributed by atoms with Gasteiger partial charge in [-0.3, -0.25) is 4.79 Å². The summed E-state index contributed by atoms with van der Waals surface area (Å²) in [7, 11) is 0. The minimum absolute atomic E-state index is 0.0451. The Morgan fingerprint density at radius 3 is 1.67 bits per heavy atom. The molecule has 7 heteroatoms. The Hall–Kier alpha value is -3.48. The Morgan fingerprint density at radius 1 is 0.788 bits per heavy atom. The predicted molar refractivity (Wildman–Crippen MR) is 122 cm³/mol. The molecule has 172 valence electrons. The summed E-state index contributed by atoms with van der Waals surface area (Å²) in [6.45, 7) is 4.84. The van der Waals surface area contributed by atoms with E-state index >= 15 is 0 Å². The number of carbonyl (C=O) groups excluding carboxylic acids is 1. The Bertz CT molecular complexity index is 1180. The van der Waals surface area contributed by atoms with E-state index in [-0.39, 0.29) is 23.3 Å². The molecular formula is C26H26F2N2O3. The molecule has 0 saturated carbocycles. The van der Waals surface area contributed by atoms with Crippen LogP contribution in [0.1, 0.15) is 60.1 Å². The van der Waals surface area contributed by atoms with E-state index in [1.807, 2.05) is 13.8 Å². The summed E-state index contributed by atoms with van der Waals surface area (Å²) in [5, 5.41) is 10.3. The minimum atomic E-state index is -1.19. The van der Waals surface area contributed by atoms with Crippen molar-refractivity contribution < 1.29 is 23.5 Å². The van der Waals surface area contributed by atoms with Crippen LogP contribution in [0.3, 0.4) is 0 Å². The van der Waals surface area contributed by atoms with Gasteiger partial charge in [0.2, 0.25) is 0 Å². The standard InChI is InChI=1S/C26H26F2N2O3/c1-16(2)30-23(25(31)29-14-4-3-5-15-29)21(17-6-10-19(27)11-7-17)22(24(30)26(32)33)18-8-12-20(28)13-9-18/h6-13,16H,3-5,14-15H2,1-2H3,(H,32,33). The molecule has 1 amide bonds. The Balaban J connectivity index is 2.09. The summed E-state index contributed by atoms with van der Waals surface area (Å²) in [6.07, 6.45) is 2.81. The average Bonchev–Trinajstić information content (AvgIpc) is 3.17. The van der Waals surface area contributed by atoms with E-state index in [0.29, 0.717) is 35.3 Å². The van der Waals surface area contributed by atoms with Crippen LogP contribution in [-0.2, 0) is 0 Å². The first-order chi connectivity index (χ1) is 15.8. The zero-order chi connectivity index (χ0) is 23.7. The van der Waals surface area contributed by atoms with Gasteiger partial charge in [0.15, 0.2) is 0 Å². The molecule has 1 N–H and O–H groups in total. The molecular weight excluding hydrogens is 426 g/mol. The van der Waals surface area contributed by atoms with Crippen molar-refractivity contribution in [1.29, 1.82) is 0 Å². The first kappa shape index (κ1) is 22.7. The highest BCUT2D eigenvalue weighted by Gasteiger charge is 2.35. The number of carboxylic acids is 1. The molecule has 1 aromatic heterocycles. The molecule has 0 unspecified atom stereocenters. The smallest absolute Gasteiger partial charge is 0.353 e. The lowest BCUT2D eigenvalue weighted by molar-refractivity contribution is 0.0680. The molecule has 0 radical (unpaired) electrons. The molecule has 1 aliphatic heterocycles. The Morgan fingerprint density at radius 2 is 1.24 bits per heavy atom. The van der Waals surface area contributed by atoms with Crippen LogP contribution in [0.5, 0.6) is 0 Å². The fourth-order valence-corrected chi connectivity index (χ4v) is 4.57. The molecule has 0 aliphatic carbocycles. The summed E-state index contributed by atoms with van der Waals surface area (Å²) in [5.41, 5.74) is 1.95. The number of hydrogen-bond donors (Lipinski definition) is 1. The first-order valence-corrected chi connectivity index (χ1v) is 11.1. The fraction of sp³-hybridized carbons (Fsp3) is 0.308. The van der Waals surface area contributed by atoms with E-state index in [2.05, 4.69) is 0 Å². The number of amides is 1. The van der Waals surface area contributed by atoms with E-state index in [1.54, 1.807) is 21.6 Å². The van der Waals surface area contributed by atoms with E-state index in [0.717, 1.165) is 19.3 Å². The van der Waals surface area contributed by atoms with Gasteiger partial charge >= 0.3 is 5.97 Å². The van der Waals surface area contributed by atoms with Gasteiger partial charge in [0.1, 0.15) is 23.0 Å². The van der Waals surface area contributed by atoms with Crippen molar-refractivity contribution in [2.75, 3.05) is 13.1 Å². The maximum absolute atomic E-state index is 13.8. The first-order valence-electron chi connectivity index (χ1n) is 11.1. The predicted octanol–water partition coefficient (Wildman–Crippen LogP) is 6.01. The SMILES string of the molecule is CC(C)n1c(C(=O)O)c(-c2ccc(F)cc2)c(-c2ccc(F)cc2)c1C(=O)N1CCCCC1. The number of rotatable bonds is 5. The highest BCUT2D eigenvalue weighted by Crippen LogP contribution is 2.42. The van der Waals surface area contributed by atoms with Crippen molar-refractivity contribution in [3.05, 3.63) is 71.6 Å². The summed E-state index contributed by atoms with van der Waals surface area (Å²) in [5.74, 6) is -2.33. The molecule has 2 heterocycles. The number of nitrogens with zero attached hydrogens (tertiary/aromatic N) is 2. The molecule has 0 spiro atoms. The number of aromatic nitrogens is 1. The van der Waals surface area contributed by atoms with E-state index in [1.165, 1.54) is 36.4 Å². The second-order valence-electron chi connectivity index (χ2n) is 8.58. The number of carbonyl (C=O) groups is 2. The van der Waals surface area contributed by atoms with Gasteiger partial charge in [0.05, 0.1) is 0 Å². The molecule has 4 rings (SSSR count). The largest absolute Gasteiger partial charge is 0.477 e. The average molecular weight is 453 g/mol. The van der Waals surface area contributed by atoms with Gasteiger partial charge in [-0.2, -0.15) is 0 Å². The van der Waals surface area contributed by atoms with Crippen LogP contribution in [0.25, 0.3) is 22.3 Å². The van der Waals surface area contributed by atoms with Crippen LogP contribution < -0.4 is 0 Å². The fourth-order valence-electron chi connectivity index (χ4n) is 4.57. The summed E-state index contributed by atoms with van der Waals surface area (Å²) in [6, 6.07) is 10.8. The Labute approximate surface area is 191 Å². The zero-order valence-electron chi connectivity index (χ0n) is 18.6. The quantitative estimate of drug-likeness (QED) is 0.516. The van der Waals surface area contributed by atoms with Gasteiger partial charge in [0, 0.05) is 30.3 Å². The van der Waals surface area contributed by atoms with Crippen molar-refractivity contribution in [1.82, 2.24) is 9.47 Å². The van der Waals surface area contributed by atoms with Crippen molar-refractivity contribution in [3.8, 4) is 22.3 Å². The molecule has 1 fully saturated rings. The minimum Gasteiger partial charge on any atom is -0.477 e. The Kier molecular flexibility index (Phi) is 6.31. The van der Waals surface area contributed by atoms with Gasteiger partial charge in [-0.05, 0) is 68.5 Å². The van der Waals surface area contributed by atoms with Gasteiger partial charge < -0.3 is 14.6 Å². The maximum Gasteiger partial charge on any atom is 0.353 e. The molecule has 3 aromatic rings. The maximum atomic E-state index is 13.8. The number of likely N-dealkylation sites (tertiary alicyclic amines) is 1. The second kappa shape index (κ2) is 9.17. The van der Waals surface area contributed by atoms with E-state index < -0.39 is 17.6 Å². The number of piperidine rings is 1. The van der Waals surface area contributed by atoms with Crippen LogP contribution >= 0.6 is 0 Å². The highest BCUT2D eigenvalue weighted by molar-refractivity contribution is 6.10. The van der Waals surface area contributed by atoms with E-state index in [4.69, 9.17) is 0 Å². The zero-order valence-corrected chi connectivity index (χ0v) is 18.6. The molecule has 1 aliphatic rings. The lowest BCUT2D eigenvalue weighted by Gasteiger charge is -2.28. The van der Waals surface area contributed by atoms with Crippen molar-refractivity contribution in [2.24, 2.45) is 0 Å². The van der Waals surface area contributed by atoms with Crippen LogP contribution in [0, 0.1) is 11.6 Å². The molecule has 5 nitrogen and oxygen atoms in total. The van der Waals surface area contributed by atoms with Crippen molar-refractivity contribution >= 4 is 11.9 Å². The molecule has 1 saturated heterocycles. The van der Waals surface area contributed by atoms with Crippen LogP contribution in [0.2, 0.25) is 0 Å². The lowest BCUT2D eigenvalue weighted by Crippen LogP contribution is -2.37. The number of hydrogen-bond acceptors (Lipinski definition) is 2. The van der Waals surface area contributed by atoms with Crippen LogP contribution in [0.4, 0.5) is 8.78 Å². The number of carboxylic acid groups (broad SMARTS) is 1. The van der Waals surface area contributed by atoms with Gasteiger partial charge in [-0.1, -0.05) is 24.3 Å². The molecule has 0 bridgehead atoms. The lowest BCUT2D eigenvalue weighted by atomic mass is 9.94. The van der Waals surface area contributed by atoms with Gasteiger partial charge in [-0.25, -0.2) is 13.6 Å². The summed E-state index contributed by atoms with van der Waals surface area (Å²) >= 11 is 0. The third-order valence-corrected chi connectivity index (χ3v) is 6.04. The number of halogens is 2. The summed E-state index contributed by atoms with van der Waals surface area (Å²) < 4.78 is 29.0. The van der Waals surface area contributed by atoms with Crippen molar-refractivity contribution in [2.45, 2.75) is 39.2 Å². The monoisotopic (exact) mass is 452 g/mol.